The van der Waals surface area contributed by atoms with Crippen molar-refractivity contribution in [1.82, 2.24) is 0 Å². The number of benzene rings is 1. The van der Waals surface area contributed by atoms with Gasteiger partial charge in [-0.3, -0.25) is 0 Å². The fourth-order valence-electron chi connectivity index (χ4n) is 2.27. The first-order valence-corrected chi connectivity index (χ1v) is 5.80. The Morgan fingerprint density at radius 1 is 0.941 bits per heavy atom. The number of hydrogen-bond donors (Lipinski definition) is 0. The summed E-state index contributed by atoms with van der Waals surface area (Å²) >= 11 is 0. The minimum Gasteiger partial charge on any atom is -0.493 e. The number of allylic oxidation sites excluding steroid dienone is 2. The Labute approximate surface area is 102 Å². The minimum absolute atomic E-state index is 0.667. The zero-order chi connectivity index (χ0) is 12.3. The number of ether oxygens (including phenoxy) is 3. The largest absolute Gasteiger partial charge is 0.493 e. The Balaban J connectivity index is 2.52. The maximum atomic E-state index is 5.48. The molecule has 0 saturated heterocycles. The highest BCUT2D eigenvalue weighted by molar-refractivity contribution is 5.76. The van der Waals surface area contributed by atoms with Gasteiger partial charge in [0.25, 0.3) is 0 Å². The molecule has 17 heavy (non-hydrogen) atoms. The molecule has 0 radical (unpaired) electrons. The van der Waals surface area contributed by atoms with Crippen molar-refractivity contribution in [2.45, 2.75) is 19.3 Å². The van der Waals surface area contributed by atoms with Gasteiger partial charge in [-0.25, -0.2) is 0 Å². The smallest absolute Gasteiger partial charge is 0.203 e. The van der Waals surface area contributed by atoms with Gasteiger partial charge in [0.05, 0.1) is 21.3 Å². The predicted molar refractivity (Wildman–Crippen MR) is 67.9 cm³/mol. The van der Waals surface area contributed by atoms with Crippen molar-refractivity contribution in [1.29, 1.82) is 0 Å². The van der Waals surface area contributed by atoms with Gasteiger partial charge < -0.3 is 14.2 Å². The Morgan fingerprint density at radius 3 is 2.24 bits per heavy atom. The summed E-state index contributed by atoms with van der Waals surface area (Å²) in [7, 11) is 4.93. The number of methoxy groups -OCH3 is 3. The summed E-state index contributed by atoms with van der Waals surface area (Å²) < 4.78 is 16.1. The van der Waals surface area contributed by atoms with E-state index in [1.54, 1.807) is 21.3 Å². The lowest BCUT2D eigenvalue weighted by Gasteiger charge is -2.16. The lowest BCUT2D eigenvalue weighted by Crippen LogP contribution is -1.98. The molecule has 1 aromatic rings. The third-order valence-corrected chi connectivity index (χ3v) is 3.09. The molecule has 1 aromatic carbocycles. The standard InChI is InChI=1S/C14H18O3/c1-15-12-9-8-11(10-6-4-5-7-10)13(16-2)14(12)17-3/h6,8-9H,4-5,7H2,1-3H3. The van der Waals surface area contributed by atoms with Crippen LogP contribution in [0.1, 0.15) is 24.8 Å². The lowest BCUT2D eigenvalue weighted by atomic mass is 10.0. The molecule has 0 spiro atoms. The van der Waals surface area contributed by atoms with Gasteiger partial charge in [-0.2, -0.15) is 0 Å². The molecule has 0 unspecified atom stereocenters. The van der Waals surface area contributed by atoms with Crippen molar-refractivity contribution in [2.75, 3.05) is 21.3 Å². The highest BCUT2D eigenvalue weighted by atomic mass is 16.5. The molecule has 0 bridgehead atoms. The minimum atomic E-state index is 0.667. The van der Waals surface area contributed by atoms with E-state index in [4.69, 9.17) is 14.2 Å². The summed E-state index contributed by atoms with van der Waals surface area (Å²) in [6.45, 7) is 0. The molecule has 0 heterocycles. The Bertz CT molecular complexity index is 435. The first kappa shape index (κ1) is 11.8. The van der Waals surface area contributed by atoms with Crippen molar-refractivity contribution in [3.8, 4) is 17.2 Å². The van der Waals surface area contributed by atoms with Crippen LogP contribution in [0.2, 0.25) is 0 Å². The van der Waals surface area contributed by atoms with Crippen LogP contribution in [-0.2, 0) is 0 Å². The van der Waals surface area contributed by atoms with E-state index in [1.807, 2.05) is 12.1 Å². The van der Waals surface area contributed by atoms with Crippen LogP contribution in [0.4, 0.5) is 0 Å². The molecule has 3 nitrogen and oxygen atoms in total. The molecule has 92 valence electrons. The van der Waals surface area contributed by atoms with Crippen molar-refractivity contribution in [2.24, 2.45) is 0 Å². The van der Waals surface area contributed by atoms with Crippen molar-refractivity contribution >= 4 is 5.57 Å². The van der Waals surface area contributed by atoms with Gasteiger partial charge >= 0.3 is 0 Å². The zero-order valence-corrected chi connectivity index (χ0v) is 10.6. The van der Waals surface area contributed by atoms with Crippen LogP contribution >= 0.6 is 0 Å². The molecule has 0 atom stereocenters. The summed E-state index contributed by atoms with van der Waals surface area (Å²) in [5.74, 6) is 2.13. The van der Waals surface area contributed by atoms with Gasteiger partial charge in [0, 0.05) is 5.56 Å². The van der Waals surface area contributed by atoms with Gasteiger partial charge in [0.1, 0.15) is 0 Å². The van der Waals surface area contributed by atoms with E-state index in [9.17, 15) is 0 Å². The normalized spacial score (nSPS) is 14.4. The molecule has 2 rings (SSSR count). The summed E-state index contributed by atoms with van der Waals surface area (Å²) in [6, 6.07) is 3.97. The van der Waals surface area contributed by atoms with E-state index in [0.29, 0.717) is 11.5 Å². The van der Waals surface area contributed by atoms with E-state index in [1.165, 1.54) is 12.0 Å². The quantitative estimate of drug-likeness (QED) is 0.800. The van der Waals surface area contributed by atoms with Crippen molar-refractivity contribution in [3.05, 3.63) is 23.8 Å². The van der Waals surface area contributed by atoms with Gasteiger partial charge in [0.15, 0.2) is 11.5 Å². The summed E-state index contributed by atoms with van der Waals surface area (Å²) in [5.41, 5.74) is 2.45. The molecule has 0 aliphatic heterocycles. The number of hydrogen-bond acceptors (Lipinski definition) is 3. The molecule has 0 fully saturated rings. The number of rotatable bonds is 4. The molecule has 0 N–H and O–H groups in total. The maximum absolute atomic E-state index is 5.48. The van der Waals surface area contributed by atoms with Gasteiger partial charge in [0.2, 0.25) is 5.75 Å². The second-order valence-electron chi connectivity index (χ2n) is 4.00. The van der Waals surface area contributed by atoms with Gasteiger partial charge in [-0.15, -0.1) is 0 Å². The highest BCUT2D eigenvalue weighted by Crippen LogP contribution is 2.44. The van der Waals surface area contributed by atoms with E-state index in [-0.39, 0.29) is 0 Å². The topological polar surface area (TPSA) is 27.7 Å². The van der Waals surface area contributed by atoms with E-state index >= 15 is 0 Å². The molecule has 0 amide bonds. The fourth-order valence-corrected chi connectivity index (χ4v) is 2.27. The summed E-state index contributed by atoms with van der Waals surface area (Å²) in [4.78, 5) is 0. The van der Waals surface area contributed by atoms with Crippen LogP contribution in [0.3, 0.4) is 0 Å². The van der Waals surface area contributed by atoms with Crippen LogP contribution < -0.4 is 14.2 Å². The zero-order valence-electron chi connectivity index (χ0n) is 10.6. The Hall–Kier alpha value is -1.64. The molecule has 1 aliphatic carbocycles. The Kier molecular flexibility index (Phi) is 3.57. The fraction of sp³-hybridized carbons (Fsp3) is 0.429. The third kappa shape index (κ3) is 2.09. The monoisotopic (exact) mass is 234 g/mol. The van der Waals surface area contributed by atoms with Crippen molar-refractivity contribution < 1.29 is 14.2 Å². The molecular formula is C14H18O3. The Morgan fingerprint density at radius 2 is 1.71 bits per heavy atom. The third-order valence-electron chi connectivity index (χ3n) is 3.09. The van der Waals surface area contributed by atoms with Crippen LogP contribution in [0, 0.1) is 0 Å². The van der Waals surface area contributed by atoms with Crippen LogP contribution in [0.5, 0.6) is 17.2 Å². The van der Waals surface area contributed by atoms with Crippen LogP contribution in [0.15, 0.2) is 18.2 Å². The lowest BCUT2D eigenvalue weighted by molar-refractivity contribution is 0.324. The molecule has 0 aromatic heterocycles. The first-order valence-electron chi connectivity index (χ1n) is 5.80. The second-order valence-corrected chi connectivity index (χ2v) is 4.00. The van der Waals surface area contributed by atoms with Gasteiger partial charge in [-0.1, -0.05) is 6.08 Å². The van der Waals surface area contributed by atoms with Crippen LogP contribution in [0.25, 0.3) is 5.57 Å². The summed E-state index contributed by atoms with van der Waals surface area (Å²) in [5, 5.41) is 0. The molecular weight excluding hydrogens is 216 g/mol. The molecule has 3 heteroatoms. The average Bonchev–Trinajstić information content (AvgIpc) is 2.90. The van der Waals surface area contributed by atoms with Gasteiger partial charge in [-0.05, 0) is 37.0 Å². The second kappa shape index (κ2) is 5.13. The van der Waals surface area contributed by atoms with Crippen molar-refractivity contribution in [3.63, 3.8) is 0 Å². The molecule has 1 aliphatic rings. The predicted octanol–water partition coefficient (Wildman–Crippen LogP) is 3.28. The van der Waals surface area contributed by atoms with E-state index in [2.05, 4.69) is 6.08 Å². The average molecular weight is 234 g/mol. The highest BCUT2D eigenvalue weighted by Gasteiger charge is 2.19. The molecule has 0 saturated carbocycles. The summed E-state index contributed by atoms with van der Waals surface area (Å²) in [6.07, 6.45) is 5.73. The maximum Gasteiger partial charge on any atom is 0.203 e. The SMILES string of the molecule is COc1ccc(C2=CCCC2)c(OC)c1OC. The van der Waals surface area contributed by atoms with E-state index < -0.39 is 0 Å². The van der Waals surface area contributed by atoms with E-state index in [0.717, 1.165) is 24.2 Å². The van der Waals surface area contributed by atoms with Crippen LogP contribution in [-0.4, -0.2) is 21.3 Å². The first-order chi connectivity index (χ1) is 8.31.